The number of carbonyl (C=O) groups is 1. The van der Waals surface area contributed by atoms with Gasteiger partial charge in [0.25, 0.3) is 0 Å². The van der Waals surface area contributed by atoms with Crippen LogP contribution >= 0.6 is 0 Å². The van der Waals surface area contributed by atoms with E-state index >= 15 is 0 Å². The standard InChI is InChI=1S/C18H21NO2/c1-13-7-9-15(10-8-13)17(18(20)21)12-14-5-4-6-16(11-14)19(2)3/h4-11,17H,12H2,1-3H3,(H,20,21). The molecule has 0 spiro atoms. The summed E-state index contributed by atoms with van der Waals surface area (Å²) >= 11 is 0. The Hall–Kier alpha value is -2.29. The van der Waals surface area contributed by atoms with Crippen molar-refractivity contribution in [2.75, 3.05) is 19.0 Å². The zero-order valence-electron chi connectivity index (χ0n) is 12.7. The molecule has 0 aliphatic carbocycles. The normalized spacial score (nSPS) is 12.0. The van der Waals surface area contributed by atoms with Crippen LogP contribution in [0.1, 0.15) is 22.6 Å². The van der Waals surface area contributed by atoms with Crippen LogP contribution in [0, 0.1) is 6.92 Å². The van der Waals surface area contributed by atoms with Gasteiger partial charge in [-0.1, -0.05) is 42.0 Å². The summed E-state index contributed by atoms with van der Waals surface area (Å²) in [6, 6.07) is 15.8. The van der Waals surface area contributed by atoms with Gasteiger partial charge in [-0.15, -0.1) is 0 Å². The van der Waals surface area contributed by atoms with Crippen molar-refractivity contribution in [3.63, 3.8) is 0 Å². The van der Waals surface area contributed by atoms with Crippen molar-refractivity contribution in [3.05, 3.63) is 65.2 Å². The van der Waals surface area contributed by atoms with E-state index in [2.05, 4.69) is 0 Å². The molecule has 0 aliphatic rings. The van der Waals surface area contributed by atoms with E-state index in [0.29, 0.717) is 6.42 Å². The van der Waals surface area contributed by atoms with Gasteiger partial charge in [0.05, 0.1) is 5.92 Å². The molecular formula is C18H21NO2. The average molecular weight is 283 g/mol. The Kier molecular flexibility index (Phi) is 4.63. The summed E-state index contributed by atoms with van der Waals surface area (Å²) in [5.41, 5.74) is 4.11. The van der Waals surface area contributed by atoms with Crippen LogP contribution in [0.2, 0.25) is 0 Å². The first-order chi connectivity index (χ1) is 9.97. The summed E-state index contributed by atoms with van der Waals surface area (Å²) in [6.45, 7) is 2.00. The molecule has 3 nitrogen and oxygen atoms in total. The maximum atomic E-state index is 11.6. The van der Waals surface area contributed by atoms with Gasteiger partial charge in [-0.2, -0.15) is 0 Å². The summed E-state index contributed by atoms with van der Waals surface area (Å²) in [7, 11) is 3.96. The Morgan fingerprint density at radius 2 is 1.81 bits per heavy atom. The first kappa shape index (κ1) is 15.1. The van der Waals surface area contributed by atoms with Crippen LogP contribution in [0.4, 0.5) is 5.69 Å². The lowest BCUT2D eigenvalue weighted by Gasteiger charge is -2.16. The summed E-state index contributed by atoms with van der Waals surface area (Å²) in [4.78, 5) is 13.6. The largest absolute Gasteiger partial charge is 0.481 e. The number of anilines is 1. The molecule has 0 aromatic heterocycles. The molecule has 3 heteroatoms. The first-order valence-electron chi connectivity index (χ1n) is 7.03. The number of rotatable bonds is 5. The average Bonchev–Trinajstić information content (AvgIpc) is 2.46. The molecule has 2 rings (SSSR count). The second-order valence-electron chi connectivity index (χ2n) is 5.57. The van der Waals surface area contributed by atoms with E-state index < -0.39 is 11.9 Å². The van der Waals surface area contributed by atoms with Crippen LogP contribution in [0.15, 0.2) is 48.5 Å². The van der Waals surface area contributed by atoms with E-state index in [1.165, 1.54) is 0 Å². The Bertz CT molecular complexity index is 617. The van der Waals surface area contributed by atoms with Crippen LogP contribution in [-0.4, -0.2) is 25.2 Å². The van der Waals surface area contributed by atoms with Gasteiger partial charge in [-0.3, -0.25) is 4.79 Å². The number of hydrogen-bond acceptors (Lipinski definition) is 2. The lowest BCUT2D eigenvalue weighted by atomic mass is 9.91. The van der Waals surface area contributed by atoms with E-state index in [4.69, 9.17) is 0 Å². The second kappa shape index (κ2) is 6.44. The van der Waals surface area contributed by atoms with Crippen LogP contribution in [0.3, 0.4) is 0 Å². The number of benzene rings is 2. The topological polar surface area (TPSA) is 40.5 Å². The fourth-order valence-electron chi connectivity index (χ4n) is 2.34. The second-order valence-corrected chi connectivity index (χ2v) is 5.57. The molecule has 0 amide bonds. The third kappa shape index (κ3) is 3.85. The Morgan fingerprint density at radius 3 is 2.38 bits per heavy atom. The van der Waals surface area contributed by atoms with Crippen molar-refractivity contribution < 1.29 is 9.90 Å². The summed E-state index contributed by atoms with van der Waals surface area (Å²) in [6.07, 6.45) is 0.500. The molecule has 0 radical (unpaired) electrons. The van der Waals surface area contributed by atoms with Gasteiger partial charge in [0.2, 0.25) is 0 Å². The zero-order chi connectivity index (χ0) is 15.4. The van der Waals surface area contributed by atoms with E-state index in [1.54, 1.807) is 0 Å². The van der Waals surface area contributed by atoms with E-state index in [0.717, 1.165) is 22.4 Å². The Labute approximate surface area is 125 Å². The van der Waals surface area contributed by atoms with Gasteiger partial charge in [0.1, 0.15) is 0 Å². The van der Waals surface area contributed by atoms with Crippen LogP contribution in [0.5, 0.6) is 0 Å². The first-order valence-corrected chi connectivity index (χ1v) is 7.03. The maximum Gasteiger partial charge on any atom is 0.311 e. The lowest BCUT2D eigenvalue weighted by Crippen LogP contribution is -2.15. The molecule has 0 aliphatic heterocycles. The monoisotopic (exact) mass is 283 g/mol. The highest BCUT2D eigenvalue weighted by Gasteiger charge is 2.20. The molecule has 110 valence electrons. The molecule has 1 N–H and O–H groups in total. The molecule has 2 aromatic carbocycles. The number of carboxylic acid groups (broad SMARTS) is 1. The van der Waals surface area contributed by atoms with Crippen LogP contribution in [0.25, 0.3) is 0 Å². The van der Waals surface area contributed by atoms with Crippen molar-refractivity contribution in [1.82, 2.24) is 0 Å². The number of aryl methyl sites for hydroxylation is 1. The van der Waals surface area contributed by atoms with Crippen molar-refractivity contribution in [2.45, 2.75) is 19.3 Å². The number of hydrogen-bond donors (Lipinski definition) is 1. The van der Waals surface area contributed by atoms with Gasteiger partial charge < -0.3 is 10.0 Å². The minimum absolute atomic E-state index is 0.500. The highest BCUT2D eigenvalue weighted by atomic mass is 16.4. The molecule has 0 heterocycles. The number of aliphatic carboxylic acids is 1. The molecule has 0 saturated carbocycles. The number of nitrogens with zero attached hydrogens (tertiary/aromatic N) is 1. The molecule has 2 aromatic rings. The fraction of sp³-hybridized carbons (Fsp3) is 0.278. The quantitative estimate of drug-likeness (QED) is 0.913. The van der Waals surface area contributed by atoms with Crippen molar-refractivity contribution in [2.24, 2.45) is 0 Å². The predicted octanol–water partition coefficient (Wildman–Crippen LogP) is 3.47. The molecule has 21 heavy (non-hydrogen) atoms. The third-order valence-corrected chi connectivity index (χ3v) is 3.64. The number of carboxylic acids is 1. The highest BCUT2D eigenvalue weighted by molar-refractivity contribution is 5.76. The smallest absolute Gasteiger partial charge is 0.311 e. The van der Waals surface area contributed by atoms with E-state index in [-0.39, 0.29) is 0 Å². The minimum atomic E-state index is -0.783. The lowest BCUT2D eigenvalue weighted by molar-refractivity contribution is -0.138. The molecule has 0 saturated heterocycles. The summed E-state index contributed by atoms with van der Waals surface area (Å²) in [5.74, 6) is -1.29. The zero-order valence-corrected chi connectivity index (χ0v) is 12.7. The van der Waals surface area contributed by atoms with Crippen molar-refractivity contribution >= 4 is 11.7 Å². The highest BCUT2D eigenvalue weighted by Crippen LogP contribution is 2.24. The third-order valence-electron chi connectivity index (χ3n) is 3.64. The van der Waals surface area contributed by atoms with Crippen LogP contribution in [-0.2, 0) is 11.2 Å². The SMILES string of the molecule is Cc1ccc(C(Cc2cccc(N(C)C)c2)C(=O)O)cc1. The molecule has 1 unspecified atom stereocenters. The van der Waals surface area contributed by atoms with Crippen molar-refractivity contribution in [3.8, 4) is 0 Å². The van der Waals surface area contributed by atoms with Gasteiger partial charge in [0, 0.05) is 19.8 Å². The fourth-order valence-corrected chi connectivity index (χ4v) is 2.34. The predicted molar refractivity (Wildman–Crippen MR) is 86.0 cm³/mol. The van der Waals surface area contributed by atoms with Gasteiger partial charge >= 0.3 is 5.97 Å². The van der Waals surface area contributed by atoms with Gasteiger partial charge in [0.15, 0.2) is 0 Å². The summed E-state index contributed by atoms with van der Waals surface area (Å²) < 4.78 is 0. The van der Waals surface area contributed by atoms with Gasteiger partial charge in [-0.05, 0) is 36.6 Å². The maximum absolute atomic E-state index is 11.6. The molecule has 0 fully saturated rings. The van der Waals surface area contributed by atoms with Crippen molar-refractivity contribution in [1.29, 1.82) is 0 Å². The Morgan fingerprint density at radius 1 is 1.14 bits per heavy atom. The summed E-state index contributed by atoms with van der Waals surface area (Å²) in [5, 5.41) is 9.53. The van der Waals surface area contributed by atoms with Gasteiger partial charge in [-0.25, -0.2) is 0 Å². The molecular weight excluding hydrogens is 262 g/mol. The van der Waals surface area contributed by atoms with E-state index in [1.807, 2.05) is 74.4 Å². The molecule has 1 atom stereocenters. The minimum Gasteiger partial charge on any atom is -0.481 e. The Balaban J connectivity index is 2.26. The molecule has 0 bridgehead atoms. The van der Waals surface area contributed by atoms with Crippen LogP contribution < -0.4 is 4.90 Å². The van der Waals surface area contributed by atoms with E-state index in [9.17, 15) is 9.90 Å².